The molecule has 0 amide bonds. The molecule has 0 radical (unpaired) electrons. The van der Waals surface area contributed by atoms with E-state index in [0.29, 0.717) is 11.6 Å². The molecule has 132 valence electrons. The van der Waals surface area contributed by atoms with Gasteiger partial charge < -0.3 is 9.88 Å². The monoisotopic (exact) mass is 333 g/mol. The number of aryl methyl sites for hydroxylation is 1. The highest BCUT2D eigenvalue weighted by Gasteiger charge is 2.27. The third-order valence-electron chi connectivity index (χ3n) is 4.94. The van der Waals surface area contributed by atoms with E-state index in [1.165, 1.54) is 12.3 Å². The molecule has 24 heavy (non-hydrogen) atoms. The quantitative estimate of drug-likeness (QED) is 0.913. The SMILES string of the molecule is CCC[C@@H](c1nc2cc(F)cnc2n1CC)N1CCNC(C)CC1. The fourth-order valence-corrected chi connectivity index (χ4v) is 3.66. The summed E-state index contributed by atoms with van der Waals surface area (Å²) in [6, 6.07) is 2.31. The van der Waals surface area contributed by atoms with Crippen molar-refractivity contribution < 1.29 is 4.39 Å². The second-order valence-electron chi connectivity index (χ2n) is 6.69. The first-order valence-electron chi connectivity index (χ1n) is 9.13. The molecule has 2 atom stereocenters. The summed E-state index contributed by atoms with van der Waals surface area (Å²) in [5.41, 5.74) is 1.45. The molecule has 1 aliphatic rings. The Kier molecular flexibility index (Phi) is 5.46. The first-order chi connectivity index (χ1) is 11.6. The number of nitrogens with zero attached hydrogens (tertiary/aromatic N) is 4. The van der Waals surface area contributed by atoms with Gasteiger partial charge in [0.05, 0.1) is 12.2 Å². The van der Waals surface area contributed by atoms with Gasteiger partial charge in [-0.05, 0) is 26.7 Å². The number of aromatic nitrogens is 3. The van der Waals surface area contributed by atoms with Crippen molar-refractivity contribution in [3.63, 3.8) is 0 Å². The van der Waals surface area contributed by atoms with Crippen LogP contribution in [-0.4, -0.2) is 45.1 Å². The summed E-state index contributed by atoms with van der Waals surface area (Å²) < 4.78 is 15.7. The third-order valence-corrected chi connectivity index (χ3v) is 4.94. The van der Waals surface area contributed by atoms with Gasteiger partial charge in [0.2, 0.25) is 0 Å². The predicted molar refractivity (Wildman–Crippen MR) is 94.5 cm³/mol. The zero-order valence-corrected chi connectivity index (χ0v) is 14.9. The van der Waals surface area contributed by atoms with Crippen LogP contribution >= 0.6 is 0 Å². The Morgan fingerprint density at radius 2 is 2.21 bits per heavy atom. The number of hydrogen-bond acceptors (Lipinski definition) is 4. The summed E-state index contributed by atoms with van der Waals surface area (Å²) in [5.74, 6) is 0.705. The minimum atomic E-state index is -0.324. The maximum atomic E-state index is 13.6. The van der Waals surface area contributed by atoms with Gasteiger partial charge in [-0.25, -0.2) is 14.4 Å². The molecule has 0 aromatic carbocycles. The molecule has 3 heterocycles. The molecule has 2 aromatic heterocycles. The summed E-state index contributed by atoms with van der Waals surface area (Å²) in [6.45, 7) is 10.4. The van der Waals surface area contributed by atoms with Crippen molar-refractivity contribution in [2.75, 3.05) is 19.6 Å². The molecule has 0 aliphatic carbocycles. The zero-order valence-electron chi connectivity index (χ0n) is 14.9. The van der Waals surface area contributed by atoms with Crippen LogP contribution in [0.2, 0.25) is 0 Å². The molecule has 1 fully saturated rings. The van der Waals surface area contributed by atoms with Crippen molar-refractivity contribution in [3.8, 4) is 0 Å². The number of imidazole rings is 1. The lowest BCUT2D eigenvalue weighted by molar-refractivity contribution is 0.186. The van der Waals surface area contributed by atoms with E-state index in [1.807, 2.05) is 0 Å². The van der Waals surface area contributed by atoms with E-state index >= 15 is 0 Å². The number of fused-ring (bicyclic) bond motifs is 1. The molecule has 2 aromatic rings. The molecule has 1 aliphatic heterocycles. The Labute approximate surface area is 143 Å². The highest BCUT2D eigenvalue weighted by molar-refractivity contribution is 5.71. The summed E-state index contributed by atoms with van der Waals surface area (Å²) in [4.78, 5) is 11.6. The third kappa shape index (κ3) is 3.44. The summed E-state index contributed by atoms with van der Waals surface area (Å²) in [7, 11) is 0. The Morgan fingerprint density at radius 3 is 2.96 bits per heavy atom. The van der Waals surface area contributed by atoms with Crippen LogP contribution in [0.3, 0.4) is 0 Å². The summed E-state index contributed by atoms with van der Waals surface area (Å²) >= 11 is 0. The van der Waals surface area contributed by atoms with Gasteiger partial charge in [0, 0.05) is 38.3 Å². The van der Waals surface area contributed by atoms with Crippen LogP contribution in [0, 0.1) is 5.82 Å². The van der Waals surface area contributed by atoms with Crippen LogP contribution in [-0.2, 0) is 6.54 Å². The zero-order chi connectivity index (χ0) is 17.1. The standard InChI is InChI=1S/C18H28FN5/c1-4-6-16(23-9-7-13(3)20-8-10-23)18-22-15-11-14(19)12-21-17(15)24(18)5-2/h11-13,16,20H,4-10H2,1-3H3/t13?,16-/m0/s1. The lowest BCUT2D eigenvalue weighted by atomic mass is 10.1. The predicted octanol–water partition coefficient (Wildman–Crippen LogP) is 3.12. The maximum Gasteiger partial charge on any atom is 0.160 e. The van der Waals surface area contributed by atoms with Crippen LogP contribution < -0.4 is 5.32 Å². The Morgan fingerprint density at radius 1 is 1.38 bits per heavy atom. The molecule has 3 rings (SSSR count). The second-order valence-corrected chi connectivity index (χ2v) is 6.69. The minimum Gasteiger partial charge on any atom is -0.313 e. The van der Waals surface area contributed by atoms with Crippen LogP contribution in [0.15, 0.2) is 12.3 Å². The molecule has 0 spiro atoms. The molecule has 6 heteroatoms. The Bertz CT molecular complexity index is 683. The Hall–Kier alpha value is -1.53. The Balaban J connectivity index is 1.99. The van der Waals surface area contributed by atoms with E-state index in [-0.39, 0.29) is 11.9 Å². The summed E-state index contributed by atoms with van der Waals surface area (Å²) in [5, 5.41) is 3.55. The van der Waals surface area contributed by atoms with Crippen LogP contribution in [0.25, 0.3) is 11.2 Å². The number of halogens is 1. The van der Waals surface area contributed by atoms with Gasteiger partial charge >= 0.3 is 0 Å². The molecular weight excluding hydrogens is 305 g/mol. The van der Waals surface area contributed by atoms with Gasteiger partial charge in [-0.1, -0.05) is 13.3 Å². The second kappa shape index (κ2) is 7.57. The van der Waals surface area contributed by atoms with Crippen molar-refractivity contribution in [3.05, 3.63) is 23.9 Å². The van der Waals surface area contributed by atoms with Gasteiger partial charge in [0.15, 0.2) is 5.65 Å². The van der Waals surface area contributed by atoms with Gasteiger partial charge in [-0.2, -0.15) is 0 Å². The molecule has 0 saturated carbocycles. The molecular formula is C18H28FN5. The van der Waals surface area contributed by atoms with Crippen LogP contribution in [0.1, 0.15) is 51.9 Å². The van der Waals surface area contributed by atoms with E-state index in [1.54, 1.807) is 0 Å². The molecule has 1 N–H and O–H groups in total. The van der Waals surface area contributed by atoms with Gasteiger partial charge in [-0.15, -0.1) is 0 Å². The fraction of sp³-hybridized carbons (Fsp3) is 0.667. The van der Waals surface area contributed by atoms with Crippen molar-refractivity contribution in [1.29, 1.82) is 0 Å². The highest BCUT2D eigenvalue weighted by atomic mass is 19.1. The average molecular weight is 333 g/mol. The van der Waals surface area contributed by atoms with Crippen molar-refractivity contribution in [2.24, 2.45) is 0 Å². The smallest absolute Gasteiger partial charge is 0.160 e. The van der Waals surface area contributed by atoms with E-state index < -0.39 is 0 Å². The molecule has 0 bridgehead atoms. The molecule has 1 unspecified atom stereocenters. The largest absolute Gasteiger partial charge is 0.313 e. The van der Waals surface area contributed by atoms with E-state index in [9.17, 15) is 4.39 Å². The topological polar surface area (TPSA) is 46.0 Å². The van der Waals surface area contributed by atoms with Crippen LogP contribution in [0.5, 0.6) is 0 Å². The normalized spacial score (nSPS) is 21.1. The minimum absolute atomic E-state index is 0.263. The molecule has 5 nitrogen and oxygen atoms in total. The van der Waals surface area contributed by atoms with Crippen molar-refractivity contribution in [2.45, 2.75) is 58.7 Å². The van der Waals surface area contributed by atoms with E-state index in [2.05, 4.69) is 40.5 Å². The van der Waals surface area contributed by atoms with Crippen molar-refractivity contribution in [1.82, 2.24) is 24.8 Å². The van der Waals surface area contributed by atoms with Gasteiger partial charge in [-0.3, -0.25) is 4.90 Å². The lowest BCUT2D eigenvalue weighted by Crippen LogP contribution is -2.34. The fourth-order valence-electron chi connectivity index (χ4n) is 3.66. The summed E-state index contributed by atoms with van der Waals surface area (Å²) in [6.07, 6.45) is 4.57. The lowest BCUT2D eigenvalue weighted by Gasteiger charge is -2.30. The molecule has 1 saturated heterocycles. The highest BCUT2D eigenvalue weighted by Crippen LogP contribution is 2.29. The van der Waals surface area contributed by atoms with E-state index in [0.717, 1.165) is 56.9 Å². The van der Waals surface area contributed by atoms with Crippen molar-refractivity contribution >= 4 is 11.2 Å². The first-order valence-corrected chi connectivity index (χ1v) is 9.13. The first kappa shape index (κ1) is 17.3. The maximum absolute atomic E-state index is 13.6. The number of hydrogen-bond donors (Lipinski definition) is 1. The number of nitrogens with one attached hydrogen (secondary N) is 1. The van der Waals surface area contributed by atoms with Gasteiger partial charge in [0.25, 0.3) is 0 Å². The van der Waals surface area contributed by atoms with E-state index in [4.69, 9.17) is 4.98 Å². The van der Waals surface area contributed by atoms with Crippen LogP contribution in [0.4, 0.5) is 4.39 Å². The van der Waals surface area contributed by atoms with Gasteiger partial charge in [0.1, 0.15) is 17.2 Å². The number of pyridine rings is 1. The number of rotatable bonds is 5. The average Bonchev–Trinajstić information content (AvgIpc) is 2.78.